The summed E-state index contributed by atoms with van der Waals surface area (Å²) in [4.78, 5) is 11.2. The maximum absolute atomic E-state index is 11.2. The maximum Gasteiger partial charge on any atom is 0.215 e. The molecular weight excluding hydrogens is 210 g/mol. The highest BCUT2D eigenvalue weighted by molar-refractivity contribution is 9.10. The fourth-order valence-corrected chi connectivity index (χ4v) is 1.07. The molecule has 0 bridgehead atoms. The van der Waals surface area contributed by atoms with Crippen LogP contribution in [0.2, 0.25) is 0 Å². The van der Waals surface area contributed by atoms with E-state index in [0.717, 1.165) is 0 Å². The molecule has 1 atom stereocenters. The summed E-state index contributed by atoms with van der Waals surface area (Å²) in [5, 5.41) is 0. The molecule has 60 valence electrons. The molecule has 1 rings (SSSR count). The quantitative estimate of drug-likeness (QED) is 0.766. The highest BCUT2D eigenvalue weighted by Crippen LogP contribution is 2.18. The van der Waals surface area contributed by atoms with Gasteiger partial charge in [-0.3, -0.25) is 4.79 Å². The van der Waals surface area contributed by atoms with E-state index in [4.69, 9.17) is 10.2 Å². The van der Waals surface area contributed by atoms with E-state index >= 15 is 0 Å². The molecule has 1 aromatic rings. The zero-order valence-corrected chi connectivity index (χ0v) is 7.59. The Labute approximate surface area is 72.7 Å². The van der Waals surface area contributed by atoms with Gasteiger partial charge < -0.3 is 10.2 Å². The van der Waals surface area contributed by atoms with Crippen molar-refractivity contribution in [2.45, 2.75) is 13.0 Å². The molecule has 0 aliphatic rings. The molecule has 0 saturated carbocycles. The first-order valence-electron chi connectivity index (χ1n) is 3.15. The molecule has 11 heavy (non-hydrogen) atoms. The number of carbonyl (C=O) groups excluding carboxylic acids is 1. The molecule has 0 radical (unpaired) electrons. The van der Waals surface area contributed by atoms with Gasteiger partial charge >= 0.3 is 0 Å². The number of ketones is 1. The molecule has 0 aliphatic heterocycles. The van der Waals surface area contributed by atoms with Crippen LogP contribution in [-0.2, 0) is 0 Å². The minimum Gasteiger partial charge on any atom is -0.460 e. The number of halogens is 1. The van der Waals surface area contributed by atoms with Gasteiger partial charge in [-0.15, -0.1) is 0 Å². The van der Waals surface area contributed by atoms with Crippen molar-refractivity contribution in [3.8, 4) is 0 Å². The molecule has 4 heteroatoms. The van der Waals surface area contributed by atoms with E-state index in [1.165, 1.54) is 6.26 Å². The Balaban J connectivity index is 2.93. The van der Waals surface area contributed by atoms with Crippen LogP contribution >= 0.6 is 15.9 Å². The number of Topliss-reactive ketones (excluding diaryl/α,β-unsaturated/α-hetero) is 1. The molecular formula is C7H8BrNO2. The lowest BCUT2D eigenvalue weighted by Crippen LogP contribution is -2.26. The maximum atomic E-state index is 11.2. The number of hydrogen-bond acceptors (Lipinski definition) is 3. The van der Waals surface area contributed by atoms with Gasteiger partial charge in [0.1, 0.15) is 0 Å². The smallest absolute Gasteiger partial charge is 0.215 e. The second-order valence-electron chi connectivity index (χ2n) is 2.25. The van der Waals surface area contributed by atoms with Crippen LogP contribution in [0.25, 0.3) is 0 Å². The van der Waals surface area contributed by atoms with Crippen LogP contribution in [0.1, 0.15) is 17.5 Å². The van der Waals surface area contributed by atoms with E-state index < -0.39 is 6.04 Å². The molecule has 0 unspecified atom stereocenters. The van der Waals surface area contributed by atoms with E-state index in [1.54, 1.807) is 13.0 Å². The summed E-state index contributed by atoms with van der Waals surface area (Å²) >= 11 is 3.17. The third kappa shape index (κ3) is 1.70. The van der Waals surface area contributed by atoms with Crippen LogP contribution < -0.4 is 5.73 Å². The Bertz CT molecular complexity index is 267. The molecule has 0 saturated heterocycles. The van der Waals surface area contributed by atoms with Crippen LogP contribution in [0.5, 0.6) is 0 Å². The van der Waals surface area contributed by atoms with Gasteiger partial charge in [0.05, 0.1) is 16.8 Å². The van der Waals surface area contributed by atoms with E-state index in [1.807, 2.05) is 0 Å². The predicted octanol–water partition coefficient (Wildman–Crippen LogP) is 1.57. The topological polar surface area (TPSA) is 56.2 Å². The number of hydrogen-bond donors (Lipinski definition) is 1. The molecule has 3 nitrogen and oxygen atoms in total. The minimum absolute atomic E-state index is 0.193. The lowest BCUT2D eigenvalue weighted by molar-refractivity contribution is 0.0940. The molecule has 0 aromatic carbocycles. The highest BCUT2D eigenvalue weighted by atomic mass is 79.9. The average molecular weight is 218 g/mol. The van der Waals surface area contributed by atoms with Gasteiger partial charge in [-0.1, -0.05) is 0 Å². The van der Waals surface area contributed by atoms with Crippen molar-refractivity contribution in [1.29, 1.82) is 0 Å². The van der Waals surface area contributed by atoms with Gasteiger partial charge in [0.2, 0.25) is 5.78 Å². The largest absolute Gasteiger partial charge is 0.460 e. The third-order valence-corrected chi connectivity index (χ3v) is 1.88. The van der Waals surface area contributed by atoms with Gasteiger partial charge in [-0.05, 0) is 28.9 Å². The first-order valence-corrected chi connectivity index (χ1v) is 3.95. The summed E-state index contributed by atoms with van der Waals surface area (Å²) in [6.07, 6.45) is 1.44. The first-order chi connectivity index (χ1) is 5.13. The fraction of sp³-hybridized carbons (Fsp3) is 0.286. The van der Waals surface area contributed by atoms with Crippen LogP contribution in [0, 0.1) is 0 Å². The Morgan fingerprint density at radius 3 is 2.82 bits per heavy atom. The summed E-state index contributed by atoms with van der Waals surface area (Å²) in [6, 6.07) is 1.15. The zero-order chi connectivity index (χ0) is 8.43. The molecule has 1 aromatic heterocycles. The molecule has 0 aliphatic carbocycles. The van der Waals surface area contributed by atoms with E-state index in [2.05, 4.69) is 15.9 Å². The molecule has 2 N–H and O–H groups in total. The van der Waals surface area contributed by atoms with Crippen molar-refractivity contribution in [2.75, 3.05) is 0 Å². The molecule has 0 amide bonds. The van der Waals surface area contributed by atoms with Crippen molar-refractivity contribution < 1.29 is 9.21 Å². The monoisotopic (exact) mass is 217 g/mol. The standard InChI is InChI=1S/C7H8BrNO2/c1-4(9)6(10)7-5(8)2-3-11-7/h2-4H,9H2,1H3/t4-/m1/s1. The number of furan rings is 1. The summed E-state index contributed by atoms with van der Waals surface area (Å²) in [6.45, 7) is 1.62. The SMILES string of the molecule is C[C@@H](N)C(=O)c1occc1Br. The lowest BCUT2D eigenvalue weighted by atomic mass is 10.2. The van der Waals surface area contributed by atoms with Gasteiger partial charge in [0.15, 0.2) is 5.76 Å². The van der Waals surface area contributed by atoms with Crippen LogP contribution in [0.3, 0.4) is 0 Å². The third-order valence-electron chi connectivity index (χ3n) is 1.25. The highest BCUT2D eigenvalue weighted by Gasteiger charge is 2.16. The normalized spacial score (nSPS) is 13.0. The fourth-order valence-electron chi connectivity index (χ4n) is 0.676. The van der Waals surface area contributed by atoms with Gasteiger partial charge in [-0.25, -0.2) is 0 Å². The number of rotatable bonds is 2. The Morgan fingerprint density at radius 1 is 1.82 bits per heavy atom. The second kappa shape index (κ2) is 3.19. The second-order valence-corrected chi connectivity index (χ2v) is 3.10. The van der Waals surface area contributed by atoms with Crippen molar-refractivity contribution >= 4 is 21.7 Å². The van der Waals surface area contributed by atoms with Gasteiger partial charge in [-0.2, -0.15) is 0 Å². The van der Waals surface area contributed by atoms with Crippen molar-refractivity contribution in [2.24, 2.45) is 5.73 Å². The Kier molecular flexibility index (Phi) is 2.46. The zero-order valence-electron chi connectivity index (χ0n) is 6.00. The van der Waals surface area contributed by atoms with Crippen LogP contribution in [-0.4, -0.2) is 11.8 Å². The Hall–Kier alpha value is -0.610. The number of nitrogens with two attached hydrogens (primary N) is 1. The summed E-state index contributed by atoms with van der Waals surface area (Å²) in [5.74, 6) is 0.0990. The minimum atomic E-state index is -0.516. The van der Waals surface area contributed by atoms with Crippen molar-refractivity contribution in [3.05, 3.63) is 22.6 Å². The molecule has 1 heterocycles. The van der Waals surface area contributed by atoms with Crippen LogP contribution in [0.4, 0.5) is 0 Å². The Morgan fingerprint density at radius 2 is 2.45 bits per heavy atom. The summed E-state index contributed by atoms with van der Waals surface area (Å²) in [5.41, 5.74) is 5.37. The first kappa shape index (κ1) is 8.49. The summed E-state index contributed by atoms with van der Waals surface area (Å²) in [7, 11) is 0. The van der Waals surface area contributed by atoms with Crippen molar-refractivity contribution in [1.82, 2.24) is 0 Å². The van der Waals surface area contributed by atoms with Crippen LogP contribution in [0.15, 0.2) is 21.2 Å². The molecule has 0 spiro atoms. The van der Waals surface area contributed by atoms with Gasteiger partial charge in [0.25, 0.3) is 0 Å². The summed E-state index contributed by atoms with van der Waals surface area (Å²) < 4.78 is 5.56. The van der Waals surface area contributed by atoms with Gasteiger partial charge in [0, 0.05) is 0 Å². The van der Waals surface area contributed by atoms with E-state index in [9.17, 15) is 4.79 Å². The van der Waals surface area contributed by atoms with E-state index in [0.29, 0.717) is 10.2 Å². The predicted molar refractivity (Wildman–Crippen MR) is 44.4 cm³/mol. The molecule has 0 fully saturated rings. The number of carbonyl (C=O) groups is 1. The lowest BCUT2D eigenvalue weighted by Gasteiger charge is -1.99. The average Bonchev–Trinajstić information content (AvgIpc) is 2.33. The van der Waals surface area contributed by atoms with Crippen molar-refractivity contribution in [3.63, 3.8) is 0 Å². The van der Waals surface area contributed by atoms with E-state index in [-0.39, 0.29) is 5.78 Å².